The molecular formula is C24H34N4O3. The first-order valence-electron chi connectivity index (χ1n) is 11.4. The summed E-state index contributed by atoms with van der Waals surface area (Å²) in [4.78, 5) is 19.4. The molecule has 0 aromatic heterocycles. The van der Waals surface area contributed by atoms with E-state index >= 15 is 0 Å². The monoisotopic (exact) mass is 426 g/mol. The van der Waals surface area contributed by atoms with Crippen molar-refractivity contribution >= 4 is 12.1 Å². The number of benzene rings is 1. The summed E-state index contributed by atoms with van der Waals surface area (Å²) < 4.78 is 5.42. The number of hydrogen-bond donors (Lipinski definition) is 3. The number of aliphatic hydroxyl groups excluding tert-OH is 1. The van der Waals surface area contributed by atoms with Gasteiger partial charge in [-0.15, -0.1) is 0 Å². The number of ether oxygens (including phenoxy) is 1. The lowest BCUT2D eigenvalue weighted by molar-refractivity contribution is -0.124. The lowest BCUT2D eigenvalue weighted by Crippen LogP contribution is -2.46. The second kappa shape index (κ2) is 10.4. The van der Waals surface area contributed by atoms with Gasteiger partial charge in [0.1, 0.15) is 0 Å². The molecule has 0 radical (unpaired) electrons. The highest BCUT2D eigenvalue weighted by Crippen LogP contribution is 2.23. The molecule has 3 N–H and O–H groups in total. The maximum absolute atomic E-state index is 12.8. The lowest BCUT2D eigenvalue weighted by Gasteiger charge is -2.32. The molecular weight excluding hydrogens is 392 g/mol. The number of carbonyl (C=O) groups is 1. The van der Waals surface area contributed by atoms with E-state index in [1.807, 2.05) is 6.20 Å². The van der Waals surface area contributed by atoms with Gasteiger partial charge in [0, 0.05) is 69.5 Å². The fraction of sp³-hybridized carbons (Fsp3) is 0.583. The van der Waals surface area contributed by atoms with Gasteiger partial charge < -0.3 is 20.5 Å². The van der Waals surface area contributed by atoms with E-state index in [4.69, 9.17) is 4.74 Å². The van der Waals surface area contributed by atoms with E-state index < -0.39 is 6.10 Å². The third kappa shape index (κ3) is 5.73. The van der Waals surface area contributed by atoms with Crippen LogP contribution in [0.3, 0.4) is 0 Å². The van der Waals surface area contributed by atoms with E-state index in [-0.39, 0.29) is 24.3 Å². The second-order valence-electron chi connectivity index (χ2n) is 8.88. The lowest BCUT2D eigenvalue weighted by atomic mass is 9.89. The SMILES string of the molecule is CC1C(NC2CCOCC2)=CN=CC1C(=O)NCC(O)CN1CCc2ccccc2C1. The molecule has 3 unspecified atom stereocenters. The number of fused-ring (bicyclic) bond motifs is 1. The normalized spacial score (nSPS) is 25.4. The highest BCUT2D eigenvalue weighted by atomic mass is 16.5. The summed E-state index contributed by atoms with van der Waals surface area (Å²) in [6.07, 6.45) is 5.88. The number of aliphatic hydroxyl groups is 1. The maximum Gasteiger partial charge on any atom is 0.229 e. The first kappa shape index (κ1) is 22.0. The summed E-state index contributed by atoms with van der Waals surface area (Å²) in [5.41, 5.74) is 3.72. The molecule has 1 amide bonds. The van der Waals surface area contributed by atoms with Crippen LogP contribution in [-0.2, 0) is 22.5 Å². The molecule has 4 rings (SSSR count). The van der Waals surface area contributed by atoms with Crippen LogP contribution in [0.4, 0.5) is 0 Å². The molecule has 0 saturated carbocycles. The Bertz CT molecular complexity index is 819. The van der Waals surface area contributed by atoms with Gasteiger partial charge >= 0.3 is 0 Å². The van der Waals surface area contributed by atoms with Crippen LogP contribution in [0, 0.1) is 11.8 Å². The van der Waals surface area contributed by atoms with E-state index in [9.17, 15) is 9.90 Å². The quantitative estimate of drug-likeness (QED) is 0.615. The number of amides is 1. The zero-order valence-corrected chi connectivity index (χ0v) is 18.3. The van der Waals surface area contributed by atoms with Crippen molar-refractivity contribution in [2.24, 2.45) is 16.8 Å². The Morgan fingerprint density at radius 2 is 2.06 bits per heavy atom. The number of hydrogen-bond acceptors (Lipinski definition) is 6. The molecule has 7 nitrogen and oxygen atoms in total. The molecule has 3 atom stereocenters. The van der Waals surface area contributed by atoms with Gasteiger partial charge in [0.15, 0.2) is 0 Å². The van der Waals surface area contributed by atoms with Crippen LogP contribution in [0.25, 0.3) is 0 Å². The Balaban J connectivity index is 1.23. The Kier molecular flexibility index (Phi) is 7.37. The summed E-state index contributed by atoms with van der Waals surface area (Å²) in [6, 6.07) is 8.84. The van der Waals surface area contributed by atoms with Crippen molar-refractivity contribution in [2.75, 3.05) is 32.8 Å². The van der Waals surface area contributed by atoms with Crippen LogP contribution in [0.15, 0.2) is 41.2 Å². The first-order chi connectivity index (χ1) is 15.1. The van der Waals surface area contributed by atoms with Crippen molar-refractivity contribution in [2.45, 2.75) is 44.9 Å². The molecule has 7 heteroatoms. The zero-order chi connectivity index (χ0) is 21.6. The van der Waals surface area contributed by atoms with E-state index in [2.05, 4.69) is 51.7 Å². The van der Waals surface area contributed by atoms with Gasteiger partial charge in [-0.25, -0.2) is 0 Å². The predicted molar refractivity (Wildman–Crippen MR) is 121 cm³/mol. The molecule has 1 aromatic rings. The smallest absolute Gasteiger partial charge is 0.229 e. The molecule has 0 aliphatic carbocycles. The minimum absolute atomic E-state index is 0.0242. The molecule has 1 fully saturated rings. The second-order valence-corrected chi connectivity index (χ2v) is 8.88. The van der Waals surface area contributed by atoms with Gasteiger partial charge in [0.05, 0.1) is 12.0 Å². The number of β-amino-alcohol motifs (C(OH)–C–C–N with tert-alkyl or cyclic N) is 1. The van der Waals surface area contributed by atoms with E-state index in [0.717, 1.165) is 51.3 Å². The Morgan fingerprint density at radius 3 is 2.87 bits per heavy atom. The fourth-order valence-electron chi connectivity index (χ4n) is 4.61. The molecule has 0 spiro atoms. The topological polar surface area (TPSA) is 86.2 Å². The van der Waals surface area contributed by atoms with Gasteiger partial charge in [0.2, 0.25) is 5.91 Å². The number of rotatable bonds is 7. The van der Waals surface area contributed by atoms with E-state index in [1.165, 1.54) is 11.1 Å². The average Bonchev–Trinajstić information content (AvgIpc) is 2.79. The molecule has 31 heavy (non-hydrogen) atoms. The van der Waals surface area contributed by atoms with Crippen LogP contribution in [-0.4, -0.2) is 67.1 Å². The molecule has 3 heterocycles. The summed E-state index contributed by atoms with van der Waals surface area (Å²) in [5, 5.41) is 17.0. The number of nitrogens with zero attached hydrogens (tertiary/aromatic N) is 2. The van der Waals surface area contributed by atoms with Gasteiger partial charge in [0.25, 0.3) is 0 Å². The largest absolute Gasteiger partial charge is 0.390 e. The minimum atomic E-state index is -0.597. The van der Waals surface area contributed by atoms with Crippen molar-refractivity contribution in [3.8, 4) is 0 Å². The van der Waals surface area contributed by atoms with Gasteiger partial charge in [-0.05, 0) is 30.4 Å². The molecule has 3 aliphatic rings. The Hall–Kier alpha value is -2.22. The number of allylic oxidation sites excluding steroid dienone is 1. The van der Waals surface area contributed by atoms with Crippen molar-refractivity contribution in [3.63, 3.8) is 0 Å². The molecule has 0 bridgehead atoms. The summed E-state index contributed by atoms with van der Waals surface area (Å²) >= 11 is 0. The minimum Gasteiger partial charge on any atom is -0.390 e. The third-order valence-electron chi connectivity index (χ3n) is 6.57. The fourth-order valence-corrected chi connectivity index (χ4v) is 4.61. The van der Waals surface area contributed by atoms with E-state index in [0.29, 0.717) is 12.6 Å². The number of aliphatic imine (C=N–C) groups is 1. The van der Waals surface area contributed by atoms with Crippen molar-refractivity contribution < 1.29 is 14.6 Å². The van der Waals surface area contributed by atoms with Crippen molar-refractivity contribution in [1.82, 2.24) is 15.5 Å². The standard InChI is InChI=1S/C24H34N4O3/c1-17-22(13-25-14-23(17)27-20-7-10-31-11-8-20)24(30)26-12-21(29)16-28-9-6-18-4-2-3-5-19(18)15-28/h2-5,13-14,17,20-22,27,29H,6-12,15-16H2,1H3,(H,26,30). The molecule has 1 aromatic carbocycles. The highest BCUT2D eigenvalue weighted by molar-refractivity contribution is 5.94. The van der Waals surface area contributed by atoms with Crippen LogP contribution < -0.4 is 10.6 Å². The summed E-state index contributed by atoms with van der Waals surface area (Å²) in [6.45, 7) is 6.18. The Morgan fingerprint density at radius 1 is 1.29 bits per heavy atom. The first-order valence-corrected chi connectivity index (χ1v) is 11.4. The molecule has 3 aliphatic heterocycles. The van der Waals surface area contributed by atoms with Crippen LogP contribution in [0.2, 0.25) is 0 Å². The van der Waals surface area contributed by atoms with Crippen LogP contribution in [0.1, 0.15) is 30.9 Å². The molecule has 168 valence electrons. The van der Waals surface area contributed by atoms with Gasteiger partial charge in [-0.2, -0.15) is 0 Å². The van der Waals surface area contributed by atoms with Crippen molar-refractivity contribution in [3.05, 3.63) is 47.3 Å². The zero-order valence-electron chi connectivity index (χ0n) is 18.3. The maximum atomic E-state index is 12.8. The van der Waals surface area contributed by atoms with Gasteiger partial charge in [-0.3, -0.25) is 14.7 Å². The number of nitrogens with one attached hydrogen (secondary N) is 2. The van der Waals surface area contributed by atoms with E-state index in [1.54, 1.807) is 6.21 Å². The predicted octanol–water partition coefficient (Wildman–Crippen LogP) is 1.47. The Labute approximate surface area is 184 Å². The van der Waals surface area contributed by atoms with Crippen LogP contribution in [0.5, 0.6) is 0 Å². The third-order valence-corrected chi connectivity index (χ3v) is 6.57. The summed E-state index contributed by atoms with van der Waals surface area (Å²) in [5.74, 6) is -0.392. The van der Waals surface area contributed by atoms with Gasteiger partial charge in [-0.1, -0.05) is 31.2 Å². The van der Waals surface area contributed by atoms with Crippen LogP contribution >= 0.6 is 0 Å². The summed E-state index contributed by atoms with van der Waals surface area (Å²) in [7, 11) is 0. The number of carbonyl (C=O) groups excluding carboxylic acids is 1. The van der Waals surface area contributed by atoms with Crippen molar-refractivity contribution in [1.29, 1.82) is 0 Å². The highest BCUT2D eigenvalue weighted by Gasteiger charge is 2.30. The molecule has 1 saturated heterocycles. The average molecular weight is 427 g/mol.